The monoisotopic (exact) mass is 986 g/mol. The zero-order valence-corrected chi connectivity index (χ0v) is 45.9. The number of ether oxygens (including phenoxy) is 2. The summed E-state index contributed by atoms with van der Waals surface area (Å²) in [6, 6.07) is 3.78. The van der Waals surface area contributed by atoms with Gasteiger partial charge in [0.05, 0.1) is 41.7 Å². The van der Waals surface area contributed by atoms with Crippen molar-refractivity contribution < 1.29 is 37.9 Å². The number of allylic oxidation sites excluding steroid dienone is 6. The van der Waals surface area contributed by atoms with Crippen LogP contribution < -0.4 is 5.32 Å². The van der Waals surface area contributed by atoms with Crippen molar-refractivity contribution in [2.45, 2.75) is 166 Å². The van der Waals surface area contributed by atoms with Crippen LogP contribution in [0.5, 0.6) is 0 Å². The average molecular weight is 986 g/mol. The minimum atomic E-state index is -4.82. The molecular formula is C54H80N7O8P. The van der Waals surface area contributed by atoms with Gasteiger partial charge in [0.2, 0.25) is 5.91 Å². The second kappa shape index (κ2) is 18.3. The molecule has 0 aliphatic carbocycles. The Morgan fingerprint density at radius 1 is 0.986 bits per heavy atom. The quantitative estimate of drug-likeness (QED) is 0.173. The number of nitrogens with one attached hydrogen (secondary N) is 1. The Morgan fingerprint density at radius 2 is 1.66 bits per heavy atom. The number of aliphatic imine (C=N–C) groups is 3. The molecule has 2 aromatic rings. The van der Waals surface area contributed by atoms with Crippen molar-refractivity contribution in [2.75, 3.05) is 27.3 Å². The fourth-order valence-electron chi connectivity index (χ4n) is 12.5. The molecule has 6 aliphatic heterocycles. The molecule has 2 fully saturated rings. The number of nitrogens with zero attached hydrogens (tertiary/aromatic N) is 6. The van der Waals surface area contributed by atoms with Crippen molar-refractivity contribution in [2.24, 2.45) is 60.8 Å². The normalized spacial score (nSPS) is 35.8. The van der Waals surface area contributed by atoms with E-state index in [1.165, 1.54) is 24.1 Å². The fourth-order valence-corrected chi connectivity index (χ4v) is 13.6. The summed E-state index contributed by atoms with van der Waals surface area (Å²) in [4.78, 5) is 48.4. The Kier molecular flexibility index (Phi) is 13.7. The Balaban J connectivity index is 1.01. The van der Waals surface area contributed by atoms with E-state index in [1.807, 2.05) is 26.0 Å². The lowest BCUT2D eigenvalue weighted by Crippen LogP contribution is -2.46. The highest BCUT2D eigenvalue weighted by Crippen LogP contribution is 2.56. The number of aliphatic hydroxyl groups excluding tert-OH is 1. The Morgan fingerprint density at radius 3 is 2.33 bits per heavy atom. The standard InChI is InChI=1S/C54H80N7O8P/c1-27-21-38-39(22-28(27)2)61(26-55-38)50-45(63)46(40(67-50)25-66-18)69-70(64,65)68-29(3)24-60(17)42(62)19-20-53(15)36(10)49-54(16)33(7)30(4)43(59-54)31(5)47-52(13,14)34(8)37(56-47)23-41-51(11,12)35(9)44(57-41)32(6)48(53)58-49/h21-23,26,29-30,33-36,40,45-46,49-50,56,63H,19-20,24-25H2,1-18H3,(H,64,65). The van der Waals surface area contributed by atoms with Crippen LogP contribution >= 0.6 is 7.82 Å². The number of methoxy groups -OCH3 is 1. The zero-order chi connectivity index (χ0) is 51.5. The molecule has 1 aromatic carbocycles. The molecule has 16 heteroatoms. The van der Waals surface area contributed by atoms with Crippen molar-refractivity contribution in [1.82, 2.24) is 19.8 Å². The maximum absolute atomic E-state index is 14.2. The van der Waals surface area contributed by atoms with Crippen molar-refractivity contribution >= 4 is 41.9 Å². The van der Waals surface area contributed by atoms with Crippen molar-refractivity contribution in [3.8, 4) is 0 Å². The van der Waals surface area contributed by atoms with Crippen LogP contribution in [-0.4, -0.2) is 111 Å². The van der Waals surface area contributed by atoms with Crippen LogP contribution in [0.3, 0.4) is 0 Å². The maximum Gasteiger partial charge on any atom is 0.472 e. The minimum Gasteiger partial charge on any atom is -0.386 e. The molecule has 1 aromatic heterocycles. The molecule has 15 nitrogen and oxygen atoms in total. The predicted molar refractivity (Wildman–Crippen MR) is 276 cm³/mol. The first-order valence-corrected chi connectivity index (χ1v) is 26.9. The Hall–Kier alpha value is -3.82. The number of carbonyl (C=O) groups excluding carboxylic acids is 1. The molecule has 8 rings (SSSR count). The summed E-state index contributed by atoms with van der Waals surface area (Å²) in [5.41, 5.74) is 11.1. The summed E-state index contributed by atoms with van der Waals surface area (Å²) >= 11 is 0. The first-order chi connectivity index (χ1) is 32.5. The number of carbonyl (C=O) groups is 1. The van der Waals surface area contributed by atoms with Gasteiger partial charge in [0.25, 0.3) is 0 Å². The van der Waals surface area contributed by atoms with E-state index < -0.39 is 49.4 Å². The third kappa shape index (κ3) is 8.54. The average Bonchev–Trinajstić information content (AvgIpc) is 4.06. The van der Waals surface area contributed by atoms with Crippen LogP contribution in [0, 0.1) is 59.7 Å². The lowest BCUT2D eigenvalue weighted by atomic mass is 9.64. The second-order valence-corrected chi connectivity index (χ2v) is 24.7. The van der Waals surface area contributed by atoms with Gasteiger partial charge in [0, 0.05) is 95.3 Å². The van der Waals surface area contributed by atoms with E-state index in [9.17, 15) is 19.4 Å². The Labute approximate surface area is 416 Å². The predicted octanol–water partition coefficient (Wildman–Crippen LogP) is 9.47. The van der Waals surface area contributed by atoms with Crippen LogP contribution in [0.25, 0.3) is 11.0 Å². The Bertz CT molecular complexity index is 2700. The number of hydrogen-bond acceptors (Lipinski definition) is 12. The summed E-state index contributed by atoms with van der Waals surface area (Å²) in [5.74, 6) is 0.665. The van der Waals surface area contributed by atoms with Crippen LogP contribution in [0.1, 0.15) is 127 Å². The van der Waals surface area contributed by atoms with Gasteiger partial charge in [-0.05, 0) is 100 Å². The van der Waals surface area contributed by atoms with Gasteiger partial charge >= 0.3 is 7.82 Å². The topological polar surface area (TPSA) is 182 Å². The van der Waals surface area contributed by atoms with Gasteiger partial charge in [-0.15, -0.1) is 0 Å². The number of amides is 1. The van der Waals surface area contributed by atoms with Gasteiger partial charge in [0.1, 0.15) is 18.3 Å². The van der Waals surface area contributed by atoms with Gasteiger partial charge in [-0.1, -0.05) is 69.2 Å². The smallest absolute Gasteiger partial charge is 0.386 e. The minimum absolute atomic E-state index is 0.0143. The molecule has 1 amide bonds. The highest BCUT2D eigenvalue weighted by atomic mass is 31.2. The molecule has 2 saturated heterocycles. The SMILES string of the molecule is COCC1OC(n2cnc3cc(C)c(C)cc32)C(O)C1OP(=O)(O)OC(C)CN(C)C(=O)CCC1(C)C2=NC(C1C)C1(C)N=C(C(C)=C3NC(=CC4=NC(=C2C)C(C)C4(C)C)C(C)C3(C)C)C(C)C1C. The summed E-state index contributed by atoms with van der Waals surface area (Å²) < 4.78 is 38.3. The number of likely N-dealkylation sites (N-methyl/N-ethyl adjacent to an activating group) is 1. The maximum atomic E-state index is 14.2. The summed E-state index contributed by atoms with van der Waals surface area (Å²) in [6.45, 7) is 35.3. The number of aromatic nitrogens is 2. The van der Waals surface area contributed by atoms with E-state index in [-0.39, 0.29) is 71.9 Å². The zero-order valence-electron chi connectivity index (χ0n) is 45.0. The number of hydrogen-bond donors (Lipinski definition) is 3. The molecule has 384 valence electrons. The number of rotatable bonds is 12. The first kappa shape index (κ1) is 52.5. The van der Waals surface area contributed by atoms with Gasteiger partial charge in [0.15, 0.2) is 6.23 Å². The molecular weight excluding hydrogens is 906 g/mol. The first-order valence-electron chi connectivity index (χ1n) is 25.4. The molecule has 0 saturated carbocycles. The van der Waals surface area contributed by atoms with Crippen molar-refractivity contribution in [3.05, 3.63) is 63.9 Å². The number of fused-ring (bicyclic) bond motifs is 7. The number of aryl methyl sites for hydroxylation is 2. The van der Waals surface area contributed by atoms with Crippen LogP contribution in [0.15, 0.2) is 67.8 Å². The van der Waals surface area contributed by atoms with Crippen molar-refractivity contribution in [1.29, 1.82) is 0 Å². The van der Waals surface area contributed by atoms with E-state index in [2.05, 4.69) is 106 Å². The molecule has 0 spiro atoms. The lowest BCUT2D eigenvalue weighted by molar-refractivity contribution is -0.131. The molecule has 14 unspecified atom stereocenters. The van der Waals surface area contributed by atoms with Gasteiger partial charge in [-0.25, -0.2) is 9.55 Å². The van der Waals surface area contributed by atoms with Gasteiger partial charge < -0.3 is 34.3 Å². The largest absolute Gasteiger partial charge is 0.472 e. The third-order valence-corrected chi connectivity index (χ3v) is 19.6. The second-order valence-electron chi connectivity index (χ2n) is 23.4. The molecule has 14 atom stereocenters. The number of benzene rings is 1. The van der Waals surface area contributed by atoms with E-state index in [0.717, 1.165) is 50.6 Å². The summed E-state index contributed by atoms with van der Waals surface area (Å²) in [6.07, 6.45) is -0.802. The highest BCUT2D eigenvalue weighted by molar-refractivity contribution is 7.47. The summed E-state index contributed by atoms with van der Waals surface area (Å²) in [7, 11) is -1.66. The number of phosphoric acid groups is 1. The van der Waals surface area contributed by atoms with Gasteiger partial charge in [-0.3, -0.25) is 28.8 Å². The van der Waals surface area contributed by atoms with E-state index in [1.54, 1.807) is 29.8 Å². The molecule has 0 radical (unpaired) electrons. The van der Waals surface area contributed by atoms with E-state index in [0.29, 0.717) is 6.42 Å². The molecule has 8 bridgehead atoms. The van der Waals surface area contributed by atoms with Crippen LogP contribution in [0.4, 0.5) is 0 Å². The lowest BCUT2D eigenvalue weighted by Gasteiger charge is -2.40. The third-order valence-electron chi connectivity index (χ3n) is 18.5. The van der Waals surface area contributed by atoms with E-state index in [4.69, 9.17) is 33.5 Å². The number of aliphatic hydroxyl groups is 1. The molecule has 3 N–H and O–H groups in total. The number of imidazole rings is 1. The number of phosphoric ester groups is 1. The van der Waals surface area contributed by atoms with E-state index >= 15 is 0 Å². The fraction of sp³-hybridized carbons (Fsp3) is 0.685. The van der Waals surface area contributed by atoms with Gasteiger partial charge in [-0.2, -0.15) is 0 Å². The molecule has 7 heterocycles. The highest BCUT2D eigenvalue weighted by Gasteiger charge is 2.58. The molecule has 70 heavy (non-hydrogen) atoms. The van der Waals surface area contributed by atoms with Crippen molar-refractivity contribution in [3.63, 3.8) is 0 Å². The van der Waals surface area contributed by atoms with Crippen LogP contribution in [0.2, 0.25) is 0 Å². The molecule has 6 aliphatic rings. The summed E-state index contributed by atoms with van der Waals surface area (Å²) in [5, 5.41) is 15.5. The van der Waals surface area contributed by atoms with Crippen LogP contribution in [-0.2, 0) is 27.9 Å².